The molecule has 2 unspecified atom stereocenters. The highest BCUT2D eigenvalue weighted by Gasteiger charge is 2.40. The van der Waals surface area contributed by atoms with Gasteiger partial charge in [-0.25, -0.2) is 0 Å². The van der Waals surface area contributed by atoms with Crippen molar-refractivity contribution in [2.24, 2.45) is 0 Å². The molecule has 0 amide bonds. The van der Waals surface area contributed by atoms with Crippen molar-refractivity contribution in [1.29, 1.82) is 0 Å². The van der Waals surface area contributed by atoms with E-state index in [4.69, 9.17) is 4.42 Å². The zero-order valence-corrected chi connectivity index (χ0v) is 33.3. The van der Waals surface area contributed by atoms with Crippen molar-refractivity contribution < 1.29 is 13.6 Å². The Balaban J connectivity index is 1.16. The number of benzene rings is 6. The number of para-hydroxylation sites is 1. The summed E-state index contributed by atoms with van der Waals surface area (Å²) in [6.45, 7) is 6.72. The van der Waals surface area contributed by atoms with Crippen LogP contribution in [-0.4, -0.2) is 4.40 Å². The minimum atomic E-state index is 0.234. The van der Waals surface area contributed by atoms with E-state index in [-0.39, 0.29) is 6.04 Å². The van der Waals surface area contributed by atoms with Crippen molar-refractivity contribution in [2.45, 2.75) is 45.6 Å². The van der Waals surface area contributed by atoms with E-state index in [9.17, 15) is 0 Å². The highest BCUT2D eigenvalue weighted by atomic mass is 16.3. The fraction of sp³-hybridized carbons (Fsp3) is 0.127. The second-order valence-electron chi connectivity index (χ2n) is 17.1. The number of aromatic nitrogens is 3. The van der Waals surface area contributed by atoms with E-state index < -0.39 is 0 Å². The quantitative estimate of drug-likeness (QED) is 0.153. The molecule has 7 heterocycles. The summed E-state index contributed by atoms with van der Waals surface area (Å²) >= 11 is 0. The zero-order chi connectivity index (χ0) is 39.1. The molecular formula is C55H41N3O+2. The Hall–Kier alpha value is -7.04. The van der Waals surface area contributed by atoms with Gasteiger partial charge in [0.1, 0.15) is 11.2 Å². The van der Waals surface area contributed by atoms with Crippen LogP contribution in [0.5, 0.6) is 0 Å². The van der Waals surface area contributed by atoms with E-state index in [1.807, 2.05) is 0 Å². The number of furan rings is 1. The molecule has 4 heteroatoms. The summed E-state index contributed by atoms with van der Waals surface area (Å²) in [5.74, 6) is 0.315. The van der Waals surface area contributed by atoms with Gasteiger partial charge in [0.2, 0.25) is 11.4 Å². The van der Waals surface area contributed by atoms with Crippen molar-refractivity contribution in [3.63, 3.8) is 0 Å². The molecule has 2 atom stereocenters. The van der Waals surface area contributed by atoms with Crippen molar-refractivity contribution in [2.75, 3.05) is 0 Å². The molecule has 0 aliphatic carbocycles. The summed E-state index contributed by atoms with van der Waals surface area (Å²) in [7, 11) is 0. The van der Waals surface area contributed by atoms with Crippen LogP contribution in [0.25, 0.3) is 99.9 Å². The van der Waals surface area contributed by atoms with E-state index in [1.54, 1.807) is 0 Å². The van der Waals surface area contributed by atoms with Gasteiger partial charge in [0, 0.05) is 63.2 Å². The highest BCUT2D eigenvalue weighted by Crippen LogP contribution is 2.48. The molecule has 0 saturated heterocycles. The summed E-state index contributed by atoms with van der Waals surface area (Å²) in [6, 6.07) is 50.3. The van der Waals surface area contributed by atoms with Crippen molar-refractivity contribution >= 4 is 66.2 Å². The molecular weight excluding hydrogens is 719 g/mol. The molecule has 59 heavy (non-hydrogen) atoms. The number of nitrogens with zero attached hydrogens (tertiary/aromatic N) is 3. The van der Waals surface area contributed by atoms with Crippen molar-refractivity contribution in [3.8, 4) is 33.6 Å². The number of allylic oxidation sites excluding steroid dienone is 1. The predicted molar refractivity (Wildman–Crippen MR) is 241 cm³/mol. The molecule has 0 saturated carbocycles. The van der Waals surface area contributed by atoms with Gasteiger partial charge in [-0.3, -0.25) is 0 Å². The number of fused-ring (bicyclic) bond motifs is 19. The second kappa shape index (κ2) is 12.0. The van der Waals surface area contributed by atoms with Crippen LogP contribution in [0.2, 0.25) is 0 Å². The second-order valence-corrected chi connectivity index (χ2v) is 17.1. The number of pyridine rings is 2. The van der Waals surface area contributed by atoms with Gasteiger partial charge in [-0.05, 0) is 127 Å². The van der Waals surface area contributed by atoms with Crippen molar-refractivity contribution in [3.05, 3.63) is 180 Å². The largest absolute Gasteiger partial charge is 0.455 e. The summed E-state index contributed by atoms with van der Waals surface area (Å²) in [5.41, 5.74) is 19.9. The molecule has 2 aliphatic heterocycles. The van der Waals surface area contributed by atoms with E-state index in [0.29, 0.717) is 5.92 Å². The van der Waals surface area contributed by atoms with Crippen LogP contribution in [-0.2, 0) is 6.42 Å². The monoisotopic (exact) mass is 759 g/mol. The first-order valence-corrected chi connectivity index (χ1v) is 20.9. The number of aryl methyl sites for hydroxylation is 3. The predicted octanol–water partition coefficient (Wildman–Crippen LogP) is 13.0. The fourth-order valence-corrected chi connectivity index (χ4v) is 11.4. The third-order valence-corrected chi connectivity index (χ3v) is 13.7. The average molecular weight is 760 g/mol. The van der Waals surface area contributed by atoms with Gasteiger partial charge in [0.25, 0.3) is 0 Å². The molecule has 5 aromatic heterocycles. The van der Waals surface area contributed by atoms with Crippen LogP contribution >= 0.6 is 0 Å². The van der Waals surface area contributed by atoms with Gasteiger partial charge >= 0.3 is 0 Å². The van der Waals surface area contributed by atoms with E-state index in [0.717, 1.165) is 34.8 Å². The maximum Gasteiger partial charge on any atom is 0.218 e. The lowest BCUT2D eigenvalue weighted by molar-refractivity contribution is -0.718. The lowest BCUT2D eigenvalue weighted by Gasteiger charge is -2.30. The molecule has 13 rings (SSSR count). The summed E-state index contributed by atoms with van der Waals surface area (Å²) < 4.78 is 14.3. The number of rotatable bonds is 1. The molecule has 280 valence electrons. The first kappa shape index (κ1) is 33.0. The highest BCUT2D eigenvalue weighted by molar-refractivity contribution is 6.30. The lowest BCUT2D eigenvalue weighted by Crippen LogP contribution is -2.48. The molecule has 0 N–H and O–H groups in total. The Labute approximate surface area is 341 Å². The fourth-order valence-electron chi connectivity index (χ4n) is 11.4. The molecule has 6 aromatic carbocycles. The minimum Gasteiger partial charge on any atom is -0.455 e. The van der Waals surface area contributed by atoms with E-state index in [2.05, 4.69) is 192 Å². The van der Waals surface area contributed by atoms with Crippen LogP contribution in [0.3, 0.4) is 0 Å². The maximum atomic E-state index is 6.83. The molecule has 0 fully saturated rings. The molecule has 4 nitrogen and oxygen atoms in total. The zero-order valence-electron chi connectivity index (χ0n) is 33.3. The van der Waals surface area contributed by atoms with Gasteiger partial charge in [0.15, 0.2) is 24.6 Å². The summed E-state index contributed by atoms with van der Waals surface area (Å²) in [5, 5.41) is 7.28. The van der Waals surface area contributed by atoms with Crippen LogP contribution in [0.4, 0.5) is 0 Å². The first-order chi connectivity index (χ1) is 29.0. The third-order valence-electron chi connectivity index (χ3n) is 13.7. The van der Waals surface area contributed by atoms with Gasteiger partial charge in [-0.1, -0.05) is 54.1 Å². The SMILES string of the molecule is Cc1cc(C)c(-c2cc3c4cc5c(cc4n4c6ccc7c8ccccc8oc7c6c(c2)c34)CC2C(C/C=C/[n+]3ccccc3-5)c3ccccc3-c3cccc[n+]32)c(C)c1. The van der Waals surface area contributed by atoms with Crippen LogP contribution in [0.1, 0.15) is 46.2 Å². The topological polar surface area (TPSA) is 25.3 Å². The van der Waals surface area contributed by atoms with Crippen LogP contribution in [0.15, 0.2) is 156 Å². The Kier molecular flexibility index (Phi) is 6.71. The third kappa shape index (κ3) is 4.54. The number of hydrogen-bond donors (Lipinski definition) is 0. The Morgan fingerprint density at radius 2 is 1.41 bits per heavy atom. The molecule has 0 radical (unpaired) electrons. The standard InChI is InChI=1S/C55H41N3O/c1-32-25-33(2)52(34(3)26-32)36-27-44-43-31-42-35(30-50(43)58-48-21-20-41-40-15-6-7-19-51(40)59-55(41)53(48)45(28-36)54(44)58)29-49-39(16-12-23-56-22-10-8-17-46(42)56)37-13-4-5-14-38(37)47-18-9-11-24-57(47)49/h4-15,17-28,30-31,39,49H,16,29H2,1-3H3/q+2/b23-12+. The first-order valence-electron chi connectivity index (χ1n) is 20.9. The lowest BCUT2D eigenvalue weighted by atomic mass is 9.78. The number of hydrogen-bond acceptors (Lipinski definition) is 1. The van der Waals surface area contributed by atoms with Gasteiger partial charge in [-0.15, -0.1) is 0 Å². The Morgan fingerprint density at radius 1 is 0.627 bits per heavy atom. The van der Waals surface area contributed by atoms with Crippen LogP contribution < -0.4 is 9.13 Å². The summed E-state index contributed by atoms with van der Waals surface area (Å²) in [4.78, 5) is 0. The van der Waals surface area contributed by atoms with Crippen LogP contribution in [0, 0.1) is 20.8 Å². The molecule has 0 spiro atoms. The van der Waals surface area contributed by atoms with E-state index in [1.165, 1.54) is 99.6 Å². The normalized spacial score (nSPS) is 16.7. The molecule has 2 aliphatic rings. The Bertz CT molecular complexity index is 3600. The molecule has 0 bridgehead atoms. The van der Waals surface area contributed by atoms with Crippen molar-refractivity contribution in [1.82, 2.24) is 4.40 Å². The smallest absolute Gasteiger partial charge is 0.218 e. The maximum absolute atomic E-state index is 6.83. The summed E-state index contributed by atoms with van der Waals surface area (Å²) in [6.07, 6.45) is 11.0. The van der Waals surface area contributed by atoms with Gasteiger partial charge in [0.05, 0.1) is 33.4 Å². The van der Waals surface area contributed by atoms with Gasteiger partial charge < -0.3 is 8.82 Å². The average Bonchev–Trinajstić information content (AvgIpc) is 3.90. The van der Waals surface area contributed by atoms with E-state index >= 15 is 0 Å². The Morgan fingerprint density at radius 3 is 2.31 bits per heavy atom. The van der Waals surface area contributed by atoms with Gasteiger partial charge in [-0.2, -0.15) is 9.13 Å². The molecule has 11 aromatic rings. The minimum absolute atomic E-state index is 0.234.